The monoisotopic (exact) mass is 358 g/mol. The average Bonchev–Trinajstić information content (AvgIpc) is 2.72. The highest BCUT2D eigenvalue weighted by molar-refractivity contribution is 5.86. The second kappa shape index (κ2) is 7.38. The van der Waals surface area contributed by atoms with Gasteiger partial charge in [-0.15, -0.1) is 0 Å². The number of hydrogen-bond donors (Lipinski definition) is 0. The van der Waals surface area contributed by atoms with E-state index in [0.29, 0.717) is 11.5 Å². The van der Waals surface area contributed by atoms with Crippen molar-refractivity contribution in [3.8, 4) is 17.2 Å². The molecule has 0 saturated carbocycles. The third-order valence-electron chi connectivity index (χ3n) is 4.45. The van der Waals surface area contributed by atoms with Gasteiger partial charge in [-0.3, -0.25) is 4.79 Å². The molecule has 4 nitrogen and oxygen atoms in total. The van der Waals surface area contributed by atoms with Crippen molar-refractivity contribution in [1.82, 2.24) is 0 Å². The Hall–Kier alpha value is -3.53. The Kier molecular flexibility index (Phi) is 4.62. The third-order valence-corrected chi connectivity index (χ3v) is 4.45. The molecule has 3 aromatic rings. The minimum Gasteiger partial charge on any atom is -0.497 e. The lowest BCUT2D eigenvalue weighted by Gasteiger charge is -2.26. The molecule has 0 radical (unpaired) electrons. The molecule has 134 valence electrons. The van der Waals surface area contributed by atoms with Gasteiger partial charge in [-0.05, 0) is 35.9 Å². The number of para-hydroxylation sites is 2. The lowest BCUT2D eigenvalue weighted by molar-refractivity contribution is -0.138. The van der Waals surface area contributed by atoms with Gasteiger partial charge in [0.25, 0.3) is 0 Å². The van der Waals surface area contributed by atoms with Crippen LogP contribution in [0.2, 0.25) is 0 Å². The van der Waals surface area contributed by atoms with Crippen molar-refractivity contribution in [2.75, 3.05) is 7.11 Å². The summed E-state index contributed by atoms with van der Waals surface area (Å²) in [7, 11) is 1.61. The first-order valence-electron chi connectivity index (χ1n) is 8.63. The Labute approximate surface area is 157 Å². The van der Waals surface area contributed by atoms with Gasteiger partial charge in [-0.2, -0.15) is 0 Å². The summed E-state index contributed by atoms with van der Waals surface area (Å²) in [5.74, 6) is 1.22. The number of fused-ring (bicyclic) bond motifs is 2. The molecular weight excluding hydrogens is 340 g/mol. The number of carbonyl (C=O) groups is 1. The first-order chi connectivity index (χ1) is 13.3. The normalized spacial score (nSPS) is 12.8. The number of esters is 1. The molecule has 1 heterocycles. The van der Waals surface area contributed by atoms with Crippen LogP contribution in [-0.2, 0) is 9.53 Å². The van der Waals surface area contributed by atoms with Gasteiger partial charge < -0.3 is 14.2 Å². The highest BCUT2D eigenvalue weighted by Gasteiger charge is 2.33. The maximum absolute atomic E-state index is 12.9. The van der Waals surface area contributed by atoms with Gasteiger partial charge in [0, 0.05) is 11.1 Å². The van der Waals surface area contributed by atoms with Crippen LogP contribution >= 0.6 is 0 Å². The Morgan fingerprint density at radius 1 is 0.926 bits per heavy atom. The van der Waals surface area contributed by atoms with E-state index in [4.69, 9.17) is 14.2 Å². The van der Waals surface area contributed by atoms with E-state index in [1.54, 1.807) is 13.2 Å². The largest absolute Gasteiger partial charge is 0.497 e. The number of ether oxygens (including phenoxy) is 3. The average molecular weight is 358 g/mol. The number of benzene rings is 3. The van der Waals surface area contributed by atoms with Crippen molar-refractivity contribution in [2.45, 2.75) is 5.92 Å². The lowest BCUT2D eigenvalue weighted by atomic mass is 9.88. The lowest BCUT2D eigenvalue weighted by Crippen LogP contribution is -2.19. The standard InChI is InChI=1S/C23H18O4/c1-25-17-8-6-7-16(15-17)13-14-26-23(24)22-18-9-2-4-11-20(18)27-21-12-5-3-10-19(21)22/h2-15,22H,1H3. The second-order valence-corrected chi connectivity index (χ2v) is 6.13. The van der Waals surface area contributed by atoms with Gasteiger partial charge in [0.05, 0.1) is 13.4 Å². The molecule has 0 bridgehead atoms. The molecular formula is C23H18O4. The zero-order valence-electron chi connectivity index (χ0n) is 14.8. The molecule has 1 aliphatic rings. The summed E-state index contributed by atoms with van der Waals surface area (Å²) in [5.41, 5.74) is 2.49. The van der Waals surface area contributed by atoms with Crippen LogP contribution in [0, 0.1) is 0 Å². The predicted octanol–water partition coefficient (Wildman–Crippen LogP) is 5.15. The van der Waals surface area contributed by atoms with Gasteiger partial charge in [-0.1, -0.05) is 48.5 Å². The fourth-order valence-electron chi connectivity index (χ4n) is 3.16. The summed E-state index contributed by atoms with van der Waals surface area (Å²) < 4.78 is 16.6. The molecule has 0 fully saturated rings. The fourth-order valence-corrected chi connectivity index (χ4v) is 3.16. The Bertz CT molecular complexity index is 961. The number of rotatable bonds is 4. The molecule has 0 unspecified atom stereocenters. The van der Waals surface area contributed by atoms with E-state index in [2.05, 4.69) is 0 Å². The molecule has 4 heteroatoms. The summed E-state index contributed by atoms with van der Waals surface area (Å²) in [5, 5.41) is 0. The summed E-state index contributed by atoms with van der Waals surface area (Å²) in [6, 6.07) is 22.6. The molecule has 27 heavy (non-hydrogen) atoms. The summed E-state index contributed by atoms with van der Waals surface area (Å²) in [6.07, 6.45) is 3.15. The predicted molar refractivity (Wildman–Crippen MR) is 103 cm³/mol. The third kappa shape index (κ3) is 3.42. The minimum atomic E-state index is -0.527. The highest BCUT2D eigenvalue weighted by Crippen LogP contribution is 2.44. The van der Waals surface area contributed by atoms with E-state index in [9.17, 15) is 4.79 Å². The quantitative estimate of drug-likeness (QED) is 0.478. The smallest absolute Gasteiger partial charge is 0.323 e. The summed E-state index contributed by atoms with van der Waals surface area (Å²) in [4.78, 5) is 12.9. The topological polar surface area (TPSA) is 44.8 Å². The Balaban J connectivity index is 1.59. The molecule has 0 N–H and O–H groups in total. The van der Waals surface area contributed by atoms with Crippen molar-refractivity contribution in [1.29, 1.82) is 0 Å². The van der Waals surface area contributed by atoms with E-state index in [-0.39, 0.29) is 5.97 Å². The van der Waals surface area contributed by atoms with E-state index in [1.165, 1.54) is 6.26 Å². The van der Waals surface area contributed by atoms with E-state index < -0.39 is 5.92 Å². The molecule has 0 spiro atoms. The van der Waals surface area contributed by atoms with Crippen LogP contribution in [0.15, 0.2) is 79.1 Å². The van der Waals surface area contributed by atoms with Crippen LogP contribution in [-0.4, -0.2) is 13.1 Å². The summed E-state index contributed by atoms with van der Waals surface area (Å²) >= 11 is 0. The van der Waals surface area contributed by atoms with Crippen molar-refractivity contribution in [3.63, 3.8) is 0 Å². The maximum atomic E-state index is 12.9. The first-order valence-corrected chi connectivity index (χ1v) is 8.63. The van der Waals surface area contributed by atoms with E-state index in [1.807, 2.05) is 72.8 Å². The number of methoxy groups -OCH3 is 1. The molecule has 0 amide bonds. The van der Waals surface area contributed by atoms with Gasteiger partial charge in [0.2, 0.25) is 0 Å². The Morgan fingerprint density at radius 2 is 1.59 bits per heavy atom. The van der Waals surface area contributed by atoms with Crippen molar-refractivity contribution < 1.29 is 19.0 Å². The molecule has 0 aliphatic carbocycles. The van der Waals surface area contributed by atoms with Crippen molar-refractivity contribution >= 4 is 12.0 Å². The summed E-state index contributed by atoms with van der Waals surface area (Å²) in [6.45, 7) is 0. The number of carbonyl (C=O) groups excluding carboxylic acids is 1. The van der Waals surface area contributed by atoms with Gasteiger partial charge in [0.1, 0.15) is 23.2 Å². The van der Waals surface area contributed by atoms with E-state index >= 15 is 0 Å². The van der Waals surface area contributed by atoms with Crippen LogP contribution in [0.25, 0.3) is 6.08 Å². The van der Waals surface area contributed by atoms with Gasteiger partial charge in [0.15, 0.2) is 0 Å². The molecule has 0 atom stereocenters. The van der Waals surface area contributed by atoms with Crippen LogP contribution in [0.3, 0.4) is 0 Å². The Morgan fingerprint density at radius 3 is 2.26 bits per heavy atom. The molecule has 0 saturated heterocycles. The van der Waals surface area contributed by atoms with Crippen LogP contribution in [0.5, 0.6) is 17.2 Å². The first kappa shape index (κ1) is 16.9. The molecule has 1 aliphatic heterocycles. The van der Waals surface area contributed by atoms with Crippen LogP contribution in [0.1, 0.15) is 22.6 Å². The van der Waals surface area contributed by atoms with Gasteiger partial charge in [-0.25, -0.2) is 0 Å². The molecule has 4 rings (SSSR count). The second-order valence-electron chi connectivity index (χ2n) is 6.13. The maximum Gasteiger partial charge on any atom is 0.323 e. The zero-order chi connectivity index (χ0) is 18.6. The SMILES string of the molecule is COc1cccc(C=COC(=O)C2c3ccccc3Oc3ccccc32)c1. The molecule has 3 aromatic carbocycles. The highest BCUT2D eigenvalue weighted by atomic mass is 16.5. The van der Waals surface area contributed by atoms with Crippen LogP contribution in [0.4, 0.5) is 0 Å². The fraction of sp³-hybridized carbons (Fsp3) is 0.0870. The van der Waals surface area contributed by atoms with Crippen molar-refractivity contribution in [3.05, 3.63) is 95.7 Å². The molecule has 0 aromatic heterocycles. The zero-order valence-corrected chi connectivity index (χ0v) is 14.8. The van der Waals surface area contributed by atoms with Crippen LogP contribution < -0.4 is 9.47 Å². The van der Waals surface area contributed by atoms with E-state index in [0.717, 1.165) is 22.4 Å². The minimum absolute atomic E-state index is 0.350. The van der Waals surface area contributed by atoms with Crippen molar-refractivity contribution in [2.24, 2.45) is 0 Å². The number of hydrogen-bond acceptors (Lipinski definition) is 4. The van der Waals surface area contributed by atoms with Gasteiger partial charge >= 0.3 is 5.97 Å².